The number of carbonyl (C=O) groups is 2. The fourth-order valence-electron chi connectivity index (χ4n) is 2.52. The summed E-state index contributed by atoms with van der Waals surface area (Å²) in [7, 11) is 2.04. The summed E-state index contributed by atoms with van der Waals surface area (Å²) in [5.74, 6) is -0.438. The fourth-order valence-corrected chi connectivity index (χ4v) is 2.52. The zero-order valence-corrected chi connectivity index (χ0v) is 13.5. The van der Waals surface area contributed by atoms with Crippen LogP contribution < -0.4 is 5.32 Å². The molecule has 1 aliphatic heterocycles. The van der Waals surface area contributed by atoms with Crippen LogP contribution in [0, 0.1) is 5.92 Å². The van der Waals surface area contributed by atoms with Crippen LogP contribution in [0.3, 0.4) is 0 Å². The summed E-state index contributed by atoms with van der Waals surface area (Å²) in [5.41, 5.74) is 0. The van der Waals surface area contributed by atoms with Gasteiger partial charge in [0.1, 0.15) is 0 Å². The fraction of sp³-hybridized carbons (Fsp3) is 0.867. The second-order valence-electron chi connectivity index (χ2n) is 6.19. The minimum absolute atomic E-state index is 0.0211. The van der Waals surface area contributed by atoms with E-state index in [-0.39, 0.29) is 12.5 Å². The maximum Gasteiger partial charge on any atom is 0.317 e. The number of nitrogens with zero attached hydrogens (tertiary/aromatic N) is 2. The van der Waals surface area contributed by atoms with E-state index in [1.165, 1.54) is 0 Å². The molecule has 0 aromatic heterocycles. The Hall–Kier alpha value is -1.30. The predicted molar refractivity (Wildman–Crippen MR) is 82.3 cm³/mol. The number of carboxylic acids is 1. The Bertz CT molecular complexity index is 347. The molecule has 1 atom stereocenters. The van der Waals surface area contributed by atoms with Gasteiger partial charge in [-0.3, -0.25) is 4.79 Å². The number of urea groups is 1. The lowest BCUT2D eigenvalue weighted by Crippen LogP contribution is -2.47. The van der Waals surface area contributed by atoms with Crippen LogP contribution in [-0.4, -0.2) is 66.2 Å². The monoisotopic (exact) mass is 299 g/mol. The second kappa shape index (κ2) is 8.87. The van der Waals surface area contributed by atoms with Crippen LogP contribution in [0.4, 0.5) is 4.79 Å². The van der Waals surface area contributed by atoms with Gasteiger partial charge < -0.3 is 20.2 Å². The highest BCUT2D eigenvalue weighted by atomic mass is 16.4. The van der Waals surface area contributed by atoms with Crippen molar-refractivity contribution in [2.45, 2.75) is 45.6 Å². The number of rotatable bonds is 7. The number of likely N-dealkylation sites (N-methyl/N-ethyl adjacent to an activating group) is 1. The summed E-state index contributed by atoms with van der Waals surface area (Å²) in [6, 6.07) is 0.449. The smallest absolute Gasteiger partial charge is 0.317 e. The number of piperidine rings is 1. The summed E-state index contributed by atoms with van der Waals surface area (Å²) in [6.45, 7) is 7.18. The molecule has 6 heteroatoms. The van der Waals surface area contributed by atoms with Crippen molar-refractivity contribution in [3.8, 4) is 0 Å². The van der Waals surface area contributed by atoms with Crippen LogP contribution in [-0.2, 0) is 4.79 Å². The van der Waals surface area contributed by atoms with Crippen LogP contribution >= 0.6 is 0 Å². The summed E-state index contributed by atoms with van der Waals surface area (Å²) in [6.07, 6.45) is 2.84. The predicted octanol–water partition coefficient (Wildman–Crippen LogP) is 1.61. The zero-order valence-electron chi connectivity index (χ0n) is 13.5. The molecule has 2 N–H and O–H groups in total. The number of likely N-dealkylation sites (tertiary alicyclic amines) is 1. The summed E-state index contributed by atoms with van der Waals surface area (Å²) < 4.78 is 0. The molecule has 6 nitrogen and oxygen atoms in total. The highest BCUT2D eigenvalue weighted by molar-refractivity contribution is 5.74. The van der Waals surface area contributed by atoms with Crippen LogP contribution in [0.15, 0.2) is 0 Å². The van der Waals surface area contributed by atoms with E-state index < -0.39 is 5.97 Å². The van der Waals surface area contributed by atoms with Gasteiger partial charge in [-0.1, -0.05) is 0 Å². The van der Waals surface area contributed by atoms with E-state index in [0.29, 0.717) is 31.5 Å². The van der Waals surface area contributed by atoms with E-state index in [2.05, 4.69) is 24.1 Å². The molecule has 1 saturated heterocycles. The first-order chi connectivity index (χ1) is 9.90. The average molecular weight is 299 g/mol. The SMILES string of the molecule is CC(C)N(C)CCNC(=O)N1CCCC(CCC(=O)O)C1. The highest BCUT2D eigenvalue weighted by Gasteiger charge is 2.23. The average Bonchev–Trinajstić information content (AvgIpc) is 2.45. The standard InChI is InChI=1S/C15H29N3O3/c1-12(2)17(3)10-8-16-15(21)18-9-4-5-13(11-18)6-7-14(19)20/h12-13H,4-11H2,1-3H3,(H,16,21)(H,19,20). The molecule has 1 unspecified atom stereocenters. The van der Waals surface area contributed by atoms with Gasteiger partial charge in [-0.05, 0) is 46.1 Å². The van der Waals surface area contributed by atoms with Crippen molar-refractivity contribution < 1.29 is 14.7 Å². The Morgan fingerprint density at radius 2 is 2.14 bits per heavy atom. The topological polar surface area (TPSA) is 72.9 Å². The van der Waals surface area contributed by atoms with Crippen molar-refractivity contribution in [1.82, 2.24) is 15.1 Å². The maximum absolute atomic E-state index is 12.1. The van der Waals surface area contributed by atoms with Crippen molar-refractivity contribution in [3.63, 3.8) is 0 Å². The van der Waals surface area contributed by atoms with E-state index in [1.807, 2.05) is 11.9 Å². The van der Waals surface area contributed by atoms with Gasteiger partial charge >= 0.3 is 12.0 Å². The van der Waals surface area contributed by atoms with Crippen LogP contribution in [0.25, 0.3) is 0 Å². The van der Waals surface area contributed by atoms with Gasteiger partial charge in [-0.15, -0.1) is 0 Å². The van der Waals surface area contributed by atoms with Crippen molar-refractivity contribution in [2.75, 3.05) is 33.2 Å². The molecule has 1 rings (SSSR count). The van der Waals surface area contributed by atoms with Gasteiger partial charge in [0.2, 0.25) is 0 Å². The lowest BCUT2D eigenvalue weighted by Gasteiger charge is -2.33. The first kappa shape index (κ1) is 17.8. The van der Waals surface area contributed by atoms with E-state index >= 15 is 0 Å². The zero-order chi connectivity index (χ0) is 15.8. The molecule has 0 aromatic rings. The minimum Gasteiger partial charge on any atom is -0.481 e. The first-order valence-corrected chi connectivity index (χ1v) is 7.85. The van der Waals surface area contributed by atoms with Gasteiger partial charge in [-0.25, -0.2) is 4.79 Å². The largest absolute Gasteiger partial charge is 0.481 e. The van der Waals surface area contributed by atoms with Crippen LogP contribution in [0.1, 0.15) is 39.5 Å². The molecule has 2 amide bonds. The Kier molecular flexibility index (Phi) is 7.50. The van der Waals surface area contributed by atoms with Crippen molar-refractivity contribution in [3.05, 3.63) is 0 Å². The minimum atomic E-state index is -0.756. The molecule has 0 bridgehead atoms. The molecular weight excluding hydrogens is 270 g/mol. The number of nitrogens with one attached hydrogen (secondary N) is 1. The number of hydrogen-bond acceptors (Lipinski definition) is 3. The van der Waals surface area contributed by atoms with Crippen molar-refractivity contribution >= 4 is 12.0 Å². The number of aliphatic carboxylic acids is 1. The molecule has 1 aliphatic rings. The first-order valence-electron chi connectivity index (χ1n) is 7.85. The summed E-state index contributed by atoms with van der Waals surface area (Å²) in [5, 5.41) is 11.7. The lowest BCUT2D eigenvalue weighted by molar-refractivity contribution is -0.137. The number of hydrogen-bond donors (Lipinski definition) is 2. The molecule has 0 aliphatic carbocycles. The van der Waals surface area contributed by atoms with Crippen LogP contribution in [0.2, 0.25) is 0 Å². The Labute approximate surface area is 127 Å². The normalized spacial score (nSPS) is 19.1. The van der Waals surface area contributed by atoms with Crippen molar-refractivity contribution in [1.29, 1.82) is 0 Å². The molecule has 1 heterocycles. The van der Waals surface area contributed by atoms with E-state index in [4.69, 9.17) is 5.11 Å². The number of carbonyl (C=O) groups excluding carboxylic acids is 1. The van der Waals surface area contributed by atoms with E-state index in [1.54, 1.807) is 0 Å². The molecule has 0 saturated carbocycles. The van der Waals surface area contributed by atoms with Gasteiger partial charge in [-0.2, -0.15) is 0 Å². The van der Waals surface area contributed by atoms with Gasteiger partial charge in [0.05, 0.1) is 0 Å². The number of carboxylic acid groups (broad SMARTS) is 1. The van der Waals surface area contributed by atoms with E-state index in [0.717, 1.165) is 25.9 Å². The van der Waals surface area contributed by atoms with Gasteiger partial charge in [0, 0.05) is 38.6 Å². The third kappa shape index (κ3) is 6.80. The third-order valence-electron chi connectivity index (χ3n) is 4.19. The quantitative estimate of drug-likeness (QED) is 0.749. The van der Waals surface area contributed by atoms with Gasteiger partial charge in [0.15, 0.2) is 0 Å². The maximum atomic E-state index is 12.1. The van der Waals surface area contributed by atoms with Crippen LogP contribution in [0.5, 0.6) is 0 Å². The highest BCUT2D eigenvalue weighted by Crippen LogP contribution is 2.20. The Balaban J connectivity index is 2.28. The molecular formula is C15H29N3O3. The second-order valence-corrected chi connectivity index (χ2v) is 6.19. The Morgan fingerprint density at radius 1 is 1.43 bits per heavy atom. The molecule has 21 heavy (non-hydrogen) atoms. The molecule has 0 radical (unpaired) electrons. The Morgan fingerprint density at radius 3 is 2.76 bits per heavy atom. The third-order valence-corrected chi connectivity index (χ3v) is 4.19. The molecule has 1 fully saturated rings. The van der Waals surface area contributed by atoms with E-state index in [9.17, 15) is 9.59 Å². The van der Waals surface area contributed by atoms with Crippen molar-refractivity contribution in [2.24, 2.45) is 5.92 Å². The molecule has 0 aromatic carbocycles. The number of amides is 2. The van der Waals surface area contributed by atoms with Gasteiger partial charge in [0.25, 0.3) is 0 Å². The molecule has 0 spiro atoms. The summed E-state index contributed by atoms with van der Waals surface area (Å²) >= 11 is 0. The molecule has 122 valence electrons. The lowest BCUT2D eigenvalue weighted by atomic mass is 9.93. The summed E-state index contributed by atoms with van der Waals surface area (Å²) in [4.78, 5) is 26.7.